The summed E-state index contributed by atoms with van der Waals surface area (Å²) in [5.74, 6) is 0.654. The minimum atomic E-state index is -0.367. The van der Waals surface area contributed by atoms with Crippen molar-refractivity contribution < 1.29 is 9.72 Å². The summed E-state index contributed by atoms with van der Waals surface area (Å²) in [6, 6.07) is 24.9. The third kappa shape index (κ3) is 5.77. The van der Waals surface area contributed by atoms with Gasteiger partial charge in [0.25, 0.3) is 11.6 Å². The summed E-state index contributed by atoms with van der Waals surface area (Å²) in [5.41, 5.74) is 4.48. The van der Waals surface area contributed by atoms with E-state index in [1.807, 2.05) is 47.4 Å². The maximum Gasteiger partial charge on any atom is 0.269 e. The first kappa shape index (κ1) is 24.6. The van der Waals surface area contributed by atoms with Gasteiger partial charge >= 0.3 is 0 Å². The van der Waals surface area contributed by atoms with Crippen LogP contribution in [0.4, 0.5) is 5.69 Å². The standard InChI is InChI=1S/C29H33N3O3/c1-21(2)31(29(33)24-10-5-4-6-11-24)19-25-18-30(17-23-13-15-26(16-14-23)32(34)35)20-28(25)27-12-8-7-9-22(27)3/h4-16,21,25,28H,17-20H2,1-3H3. The highest BCUT2D eigenvalue weighted by Gasteiger charge is 2.37. The van der Waals surface area contributed by atoms with Gasteiger partial charge in [0.1, 0.15) is 0 Å². The van der Waals surface area contributed by atoms with E-state index in [1.54, 1.807) is 12.1 Å². The number of carbonyl (C=O) groups excluding carboxylic acids is 1. The second-order valence-electron chi connectivity index (χ2n) is 9.76. The SMILES string of the molecule is Cc1ccccc1C1CN(Cc2ccc([N+](=O)[O-])cc2)CC1CN(C(=O)c1ccccc1)C(C)C. The van der Waals surface area contributed by atoms with E-state index < -0.39 is 0 Å². The van der Waals surface area contributed by atoms with Gasteiger partial charge in [-0.2, -0.15) is 0 Å². The summed E-state index contributed by atoms with van der Waals surface area (Å²) in [4.78, 5) is 28.5. The molecule has 0 aliphatic carbocycles. The molecular weight excluding hydrogens is 438 g/mol. The Morgan fingerprint density at radius 2 is 1.66 bits per heavy atom. The van der Waals surface area contributed by atoms with Crippen LogP contribution in [0.15, 0.2) is 78.9 Å². The van der Waals surface area contributed by atoms with Crippen molar-refractivity contribution >= 4 is 11.6 Å². The van der Waals surface area contributed by atoms with E-state index in [9.17, 15) is 14.9 Å². The number of nitro benzene ring substituents is 1. The summed E-state index contributed by atoms with van der Waals surface area (Å²) in [6.45, 7) is 9.47. The molecule has 35 heavy (non-hydrogen) atoms. The van der Waals surface area contributed by atoms with Crippen LogP contribution in [0.2, 0.25) is 0 Å². The maximum atomic E-state index is 13.4. The Balaban J connectivity index is 1.57. The molecule has 2 atom stereocenters. The van der Waals surface area contributed by atoms with Crippen LogP contribution in [0.5, 0.6) is 0 Å². The molecule has 0 radical (unpaired) electrons. The lowest BCUT2D eigenvalue weighted by Crippen LogP contribution is -2.42. The van der Waals surface area contributed by atoms with Crippen LogP contribution in [0.3, 0.4) is 0 Å². The van der Waals surface area contributed by atoms with Crippen molar-refractivity contribution in [3.05, 3.63) is 111 Å². The van der Waals surface area contributed by atoms with E-state index in [2.05, 4.69) is 49.9 Å². The number of nitrogens with zero attached hydrogens (tertiary/aromatic N) is 3. The van der Waals surface area contributed by atoms with Gasteiger partial charge in [0, 0.05) is 55.8 Å². The largest absolute Gasteiger partial charge is 0.336 e. The summed E-state index contributed by atoms with van der Waals surface area (Å²) in [7, 11) is 0. The van der Waals surface area contributed by atoms with Crippen molar-refractivity contribution in [1.29, 1.82) is 0 Å². The fourth-order valence-corrected chi connectivity index (χ4v) is 5.14. The molecule has 4 rings (SSSR count). The molecule has 1 fully saturated rings. The minimum Gasteiger partial charge on any atom is -0.336 e. The first-order valence-corrected chi connectivity index (χ1v) is 12.2. The van der Waals surface area contributed by atoms with Crippen LogP contribution in [-0.4, -0.2) is 46.3 Å². The van der Waals surface area contributed by atoms with E-state index in [4.69, 9.17) is 0 Å². The molecule has 1 amide bonds. The lowest BCUT2D eigenvalue weighted by molar-refractivity contribution is -0.384. The molecule has 1 aliphatic heterocycles. The molecule has 1 saturated heterocycles. The number of hydrogen-bond acceptors (Lipinski definition) is 4. The van der Waals surface area contributed by atoms with Crippen molar-refractivity contribution in [2.45, 2.75) is 39.3 Å². The fraction of sp³-hybridized carbons (Fsp3) is 0.345. The van der Waals surface area contributed by atoms with E-state index in [1.165, 1.54) is 11.1 Å². The van der Waals surface area contributed by atoms with Crippen LogP contribution in [0.25, 0.3) is 0 Å². The molecule has 2 unspecified atom stereocenters. The first-order valence-electron chi connectivity index (χ1n) is 12.2. The van der Waals surface area contributed by atoms with Gasteiger partial charge < -0.3 is 4.90 Å². The summed E-state index contributed by atoms with van der Waals surface area (Å²) >= 11 is 0. The minimum absolute atomic E-state index is 0.0675. The van der Waals surface area contributed by atoms with Crippen LogP contribution in [0, 0.1) is 23.0 Å². The third-order valence-corrected chi connectivity index (χ3v) is 6.99. The first-order chi connectivity index (χ1) is 16.8. The van der Waals surface area contributed by atoms with Crippen molar-refractivity contribution in [3.63, 3.8) is 0 Å². The highest BCUT2D eigenvalue weighted by molar-refractivity contribution is 5.94. The van der Waals surface area contributed by atoms with Gasteiger partial charge in [-0.05, 0) is 55.5 Å². The molecule has 1 aliphatic rings. The lowest BCUT2D eigenvalue weighted by atomic mass is 9.86. The predicted octanol–water partition coefficient (Wildman–Crippen LogP) is 5.67. The Kier molecular flexibility index (Phi) is 7.61. The quantitative estimate of drug-likeness (QED) is 0.314. The molecule has 3 aromatic rings. The number of likely N-dealkylation sites (tertiary alicyclic amines) is 1. The monoisotopic (exact) mass is 471 g/mol. The zero-order chi connectivity index (χ0) is 24.9. The number of rotatable bonds is 8. The molecule has 3 aromatic carbocycles. The van der Waals surface area contributed by atoms with Crippen molar-refractivity contribution in [2.24, 2.45) is 5.92 Å². The summed E-state index contributed by atoms with van der Waals surface area (Å²) in [6.07, 6.45) is 0. The Labute approximate surface area is 207 Å². The topological polar surface area (TPSA) is 66.7 Å². The molecule has 0 spiro atoms. The molecule has 0 bridgehead atoms. The molecular formula is C29H33N3O3. The zero-order valence-corrected chi connectivity index (χ0v) is 20.6. The smallest absolute Gasteiger partial charge is 0.269 e. The van der Waals surface area contributed by atoms with Gasteiger partial charge in [-0.25, -0.2) is 0 Å². The second-order valence-corrected chi connectivity index (χ2v) is 9.76. The highest BCUT2D eigenvalue weighted by atomic mass is 16.6. The molecule has 6 heteroatoms. The summed E-state index contributed by atoms with van der Waals surface area (Å²) < 4.78 is 0. The van der Waals surface area contributed by atoms with Gasteiger partial charge in [-0.1, -0.05) is 54.6 Å². The maximum absolute atomic E-state index is 13.4. The zero-order valence-electron chi connectivity index (χ0n) is 20.6. The number of non-ortho nitro benzene ring substituents is 1. The van der Waals surface area contributed by atoms with Gasteiger partial charge in [-0.3, -0.25) is 19.8 Å². The van der Waals surface area contributed by atoms with Gasteiger partial charge in [-0.15, -0.1) is 0 Å². The van der Waals surface area contributed by atoms with Gasteiger partial charge in [0.2, 0.25) is 0 Å². The van der Waals surface area contributed by atoms with Gasteiger partial charge in [0.05, 0.1) is 4.92 Å². The van der Waals surface area contributed by atoms with Crippen molar-refractivity contribution in [1.82, 2.24) is 9.80 Å². The average molecular weight is 472 g/mol. The van der Waals surface area contributed by atoms with Gasteiger partial charge in [0.15, 0.2) is 0 Å². The van der Waals surface area contributed by atoms with E-state index in [-0.39, 0.29) is 28.5 Å². The van der Waals surface area contributed by atoms with E-state index in [0.717, 1.165) is 30.8 Å². The number of aryl methyl sites for hydroxylation is 1. The van der Waals surface area contributed by atoms with E-state index in [0.29, 0.717) is 12.5 Å². The number of amides is 1. The number of nitro groups is 1. The Morgan fingerprint density at radius 3 is 2.29 bits per heavy atom. The number of hydrogen-bond donors (Lipinski definition) is 0. The van der Waals surface area contributed by atoms with E-state index >= 15 is 0 Å². The predicted molar refractivity (Wildman–Crippen MR) is 138 cm³/mol. The van der Waals surface area contributed by atoms with Crippen LogP contribution in [-0.2, 0) is 6.54 Å². The Bertz CT molecular complexity index is 1160. The molecule has 1 heterocycles. The normalized spacial score (nSPS) is 18.1. The molecule has 0 N–H and O–H groups in total. The fourth-order valence-electron chi connectivity index (χ4n) is 5.14. The summed E-state index contributed by atoms with van der Waals surface area (Å²) in [5, 5.41) is 11.0. The average Bonchev–Trinajstić information content (AvgIpc) is 3.25. The lowest BCUT2D eigenvalue weighted by Gasteiger charge is -2.32. The molecule has 0 aromatic heterocycles. The van der Waals surface area contributed by atoms with Crippen LogP contribution in [0.1, 0.15) is 46.8 Å². The van der Waals surface area contributed by atoms with Crippen LogP contribution < -0.4 is 0 Å². The highest BCUT2D eigenvalue weighted by Crippen LogP contribution is 2.36. The molecule has 6 nitrogen and oxygen atoms in total. The Morgan fingerprint density at radius 1 is 1.00 bits per heavy atom. The van der Waals surface area contributed by atoms with Crippen molar-refractivity contribution in [2.75, 3.05) is 19.6 Å². The number of benzene rings is 3. The Hall–Kier alpha value is -3.51. The van der Waals surface area contributed by atoms with Crippen molar-refractivity contribution in [3.8, 4) is 0 Å². The number of carbonyl (C=O) groups is 1. The second kappa shape index (κ2) is 10.8. The third-order valence-electron chi connectivity index (χ3n) is 6.99. The van der Waals surface area contributed by atoms with Crippen LogP contribution >= 0.6 is 0 Å². The molecule has 0 saturated carbocycles. The molecule has 182 valence electrons.